The average molecular weight is 525 g/mol. The number of likely N-dealkylation sites (tertiary alicyclic amines) is 1. The summed E-state index contributed by atoms with van der Waals surface area (Å²) < 4.78 is 0. The predicted octanol–water partition coefficient (Wildman–Crippen LogP) is 3.39. The first-order chi connectivity index (χ1) is 18.0. The van der Waals surface area contributed by atoms with Crippen LogP contribution >= 0.6 is 11.3 Å². The number of carbonyl (C=O) groups is 3. The quantitative estimate of drug-likeness (QED) is 0.417. The fourth-order valence-corrected chi connectivity index (χ4v) is 6.23. The van der Waals surface area contributed by atoms with Crippen molar-refractivity contribution in [2.45, 2.75) is 69.9 Å². The minimum absolute atomic E-state index is 0.0116. The molecule has 1 atom stereocenters. The molecule has 2 N–H and O–H groups in total. The maximum atomic E-state index is 13.5. The molecule has 1 spiro atoms. The first-order valence-electron chi connectivity index (χ1n) is 13.7. The summed E-state index contributed by atoms with van der Waals surface area (Å²) in [5.41, 5.74) is 0.605. The van der Waals surface area contributed by atoms with Gasteiger partial charge in [-0.15, -0.1) is 11.3 Å². The molecule has 4 rings (SSSR count). The van der Waals surface area contributed by atoms with Gasteiger partial charge in [-0.2, -0.15) is 0 Å². The molecule has 2 aliphatic rings. The molecule has 0 radical (unpaired) electrons. The minimum atomic E-state index is -0.720. The van der Waals surface area contributed by atoms with Crippen LogP contribution in [0.3, 0.4) is 0 Å². The zero-order valence-electron chi connectivity index (χ0n) is 21.9. The highest BCUT2D eigenvalue weighted by molar-refractivity contribution is 7.10. The molecule has 3 amide bonds. The maximum Gasteiger partial charge on any atom is 0.246 e. The largest absolute Gasteiger partial charge is 0.356 e. The lowest BCUT2D eigenvalue weighted by Gasteiger charge is -2.51. The Hall–Kier alpha value is -2.71. The Bertz CT molecular complexity index is 1020. The summed E-state index contributed by atoms with van der Waals surface area (Å²) in [6.07, 6.45) is 5.76. The third kappa shape index (κ3) is 6.99. The van der Waals surface area contributed by atoms with E-state index in [1.165, 1.54) is 5.56 Å². The van der Waals surface area contributed by atoms with E-state index in [1.807, 2.05) is 28.5 Å². The Morgan fingerprint density at radius 1 is 1.08 bits per heavy atom. The maximum absolute atomic E-state index is 13.5. The number of piperidine rings is 1. The van der Waals surface area contributed by atoms with E-state index in [4.69, 9.17) is 0 Å². The van der Waals surface area contributed by atoms with Gasteiger partial charge < -0.3 is 20.4 Å². The molecule has 2 fully saturated rings. The molecule has 0 aliphatic carbocycles. The van der Waals surface area contributed by atoms with E-state index in [2.05, 4.69) is 46.7 Å². The smallest absolute Gasteiger partial charge is 0.246 e. The third-order valence-electron chi connectivity index (χ3n) is 7.66. The Morgan fingerprint density at radius 2 is 1.86 bits per heavy atom. The van der Waals surface area contributed by atoms with Crippen LogP contribution in [0.2, 0.25) is 0 Å². The number of hydrogen-bond acceptors (Lipinski definition) is 5. The molecular weight excluding hydrogens is 484 g/mol. The van der Waals surface area contributed by atoms with Gasteiger partial charge in [-0.3, -0.25) is 14.4 Å². The summed E-state index contributed by atoms with van der Waals surface area (Å²) in [5, 5.41) is 8.01. The fraction of sp³-hybridized carbons (Fsp3) is 0.552. The summed E-state index contributed by atoms with van der Waals surface area (Å²) in [6, 6.07) is 13.9. The molecule has 7 nitrogen and oxygen atoms in total. The molecule has 1 aromatic heterocycles. The second kappa shape index (κ2) is 13.2. The average Bonchev–Trinajstić information content (AvgIpc) is 3.42. The van der Waals surface area contributed by atoms with Gasteiger partial charge in [-0.1, -0.05) is 43.3 Å². The molecule has 2 aromatic rings. The van der Waals surface area contributed by atoms with Crippen molar-refractivity contribution >= 4 is 29.1 Å². The van der Waals surface area contributed by atoms with E-state index in [0.717, 1.165) is 50.2 Å². The molecule has 200 valence electrons. The molecule has 3 heterocycles. The van der Waals surface area contributed by atoms with Gasteiger partial charge in [0.05, 0.1) is 6.42 Å². The summed E-state index contributed by atoms with van der Waals surface area (Å²) in [5.74, 6) is 0.0918. The van der Waals surface area contributed by atoms with E-state index in [9.17, 15) is 14.4 Å². The SMILES string of the molecule is CCCN1C(=O)[C@H](CCCCNC(=O)Cc2cccs2)NC(=O)C12CCN(CCc1ccccc1)CC2. The van der Waals surface area contributed by atoms with Gasteiger partial charge in [0.15, 0.2) is 0 Å². The van der Waals surface area contributed by atoms with Crippen LogP contribution < -0.4 is 10.6 Å². The van der Waals surface area contributed by atoms with Gasteiger partial charge in [-0.25, -0.2) is 0 Å². The summed E-state index contributed by atoms with van der Waals surface area (Å²) in [7, 11) is 0. The van der Waals surface area contributed by atoms with Gasteiger partial charge >= 0.3 is 0 Å². The molecule has 0 saturated carbocycles. The summed E-state index contributed by atoms with van der Waals surface area (Å²) in [4.78, 5) is 44.4. The number of amides is 3. The van der Waals surface area contributed by atoms with Gasteiger partial charge in [0, 0.05) is 37.6 Å². The van der Waals surface area contributed by atoms with E-state index in [0.29, 0.717) is 38.8 Å². The number of nitrogens with one attached hydrogen (secondary N) is 2. The highest BCUT2D eigenvalue weighted by Crippen LogP contribution is 2.34. The van der Waals surface area contributed by atoms with Crippen LogP contribution in [0.4, 0.5) is 0 Å². The van der Waals surface area contributed by atoms with Gasteiger partial charge in [0.25, 0.3) is 0 Å². The van der Waals surface area contributed by atoms with Crippen LogP contribution in [0.1, 0.15) is 55.9 Å². The van der Waals surface area contributed by atoms with Crippen molar-refractivity contribution in [1.82, 2.24) is 20.4 Å². The number of rotatable bonds is 12. The van der Waals surface area contributed by atoms with Crippen molar-refractivity contribution in [1.29, 1.82) is 0 Å². The lowest BCUT2D eigenvalue weighted by Crippen LogP contribution is -2.72. The highest BCUT2D eigenvalue weighted by atomic mass is 32.1. The third-order valence-corrected chi connectivity index (χ3v) is 8.53. The Labute approximate surface area is 224 Å². The van der Waals surface area contributed by atoms with Gasteiger partial charge in [0.1, 0.15) is 11.6 Å². The zero-order chi connectivity index (χ0) is 26.1. The van der Waals surface area contributed by atoms with Crippen LogP contribution in [0, 0.1) is 0 Å². The van der Waals surface area contributed by atoms with Gasteiger partial charge in [0.2, 0.25) is 17.7 Å². The van der Waals surface area contributed by atoms with Crippen LogP contribution in [-0.4, -0.2) is 71.8 Å². The molecule has 8 heteroatoms. The lowest BCUT2D eigenvalue weighted by atomic mass is 9.81. The number of thiophene rings is 1. The number of unbranched alkanes of at least 4 members (excludes halogenated alkanes) is 1. The molecule has 1 aromatic carbocycles. The zero-order valence-corrected chi connectivity index (χ0v) is 22.7. The first-order valence-corrected chi connectivity index (χ1v) is 14.6. The van der Waals surface area contributed by atoms with E-state index in [1.54, 1.807) is 11.3 Å². The molecule has 2 aliphatic heterocycles. The van der Waals surface area contributed by atoms with Crippen molar-refractivity contribution in [3.63, 3.8) is 0 Å². The molecule has 37 heavy (non-hydrogen) atoms. The molecule has 2 saturated heterocycles. The number of carbonyl (C=O) groups excluding carboxylic acids is 3. The first kappa shape index (κ1) is 27.3. The molecular formula is C29H40N4O3S. The summed E-state index contributed by atoms with van der Waals surface area (Å²) >= 11 is 1.58. The Kier molecular flexibility index (Phi) is 9.75. The van der Waals surface area contributed by atoms with Crippen LogP contribution in [0.5, 0.6) is 0 Å². The van der Waals surface area contributed by atoms with E-state index >= 15 is 0 Å². The predicted molar refractivity (Wildman–Crippen MR) is 147 cm³/mol. The number of piperazine rings is 1. The number of benzene rings is 1. The summed E-state index contributed by atoms with van der Waals surface area (Å²) in [6.45, 7) is 5.88. The highest BCUT2D eigenvalue weighted by Gasteiger charge is 2.52. The fourth-order valence-electron chi connectivity index (χ4n) is 5.53. The molecule has 0 unspecified atom stereocenters. The van der Waals surface area contributed by atoms with Crippen molar-refractivity contribution in [3.05, 3.63) is 58.3 Å². The Balaban J connectivity index is 1.24. The van der Waals surface area contributed by atoms with Gasteiger partial charge in [-0.05, 0) is 62.0 Å². The number of hydrogen-bond donors (Lipinski definition) is 2. The van der Waals surface area contributed by atoms with Crippen LogP contribution in [0.25, 0.3) is 0 Å². The van der Waals surface area contributed by atoms with Crippen molar-refractivity contribution in [2.75, 3.05) is 32.7 Å². The van der Waals surface area contributed by atoms with E-state index in [-0.39, 0.29) is 17.7 Å². The topological polar surface area (TPSA) is 81.8 Å². The monoisotopic (exact) mass is 524 g/mol. The van der Waals surface area contributed by atoms with Crippen LogP contribution in [-0.2, 0) is 27.2 Å². The van der Waals surface area contributed by atoms with Crippen molar-refractivity contribution in [3.8, 4) is 0 Å². The number of nitrogens with zero attached hydrogens (tertiary/aromatic N) is 2. The van der Waals surface area contributed by atoms with E-state index < -0.39 is 11.6 Å². The standard InChI is InChI=1S/C29H40N4O3S/c1-2-17-33-27(35)25(12-6-7-16-30-26(34)22-24-11-8-21-37-24)31-28(36)29(33)14-19-32(20-15-29)18-13-23-9-4-3-5-10-23/h3-5,8-11,21,25H,2,6-7,12-20,22H2,1H3,(H,30,34)(H,31,36)/t25-/m0/s1. The molecule has 0 bridgehead atoms. The minimum Gasteiger partial charge on any atom is -0.356 e. The van der Waals surface area contributed by atoms with Crippen LogP contribution in [0.15, 0.2) is 47.8 Å². The second-order valence-electron chi connectivity index (χ2n) is 10.2. The Morgan fingerprint density at radius 3 is 2.57 bits per heavy atom. The lowest BCUT2D eigenvalue weighted by molar-refractivity contribution is -0.161. The van der Waals surface area contributed by atoms with Crippen molar-refractivity contribution < 1.29 is 14.4 Å². The normalized spacial score (nSPS) is 19.7. The van der Waals surface area contributed by atoms with Crippen molar-refractivity contribution in [2.24, 2.45) is 0 Å². The second-order valence-corrected chi connectivity index (χ2v) is 11.3.